The highest BCUT2D eigenvalue weighted by atomic mass is 32.1. The molecule has 1 rings (SSSR count). The predicted molar refractivity (Wildman–Crippen MR) is 77.2 cm³/mol. The standard InChI is InChI=1S/C13H18N2O5S/c1-2-20-12(19)7-6-10(16)15-13-14-9(8-21-13)4-3-5-11(17)18/h8H,2-7H2,1H3,(H,17,18)(H,14,15,16). The van der Waals surface area contributed by atoms with E-state index in [-0.39, 0.29) is 25.2 Å². The number of aliphatic carboxylic acids is 1. The van der Waals surface area contributed by atoms with Crippen LogP contribution in [0.4, 0.5) is 5.13 Å². The summed E-state index contributed by atoms with van der Waals surface area (Å²) in [5.41, 5.74) is 0.752. The highest BCUT2D eigenvalue weighted by Crippen LogP contribution is 2.17. The highest BCUT2D eigenvalue weighted by Gasteiger charge is 2.10. The fraction of sp³-hybridized carbons (Fsp3) is 0.538. The summed E-state index contributed by atoms with van der Waals surface area (Å²) < 4.78 is 4.73. The molecule has 0 aromatic carbocycles. The highest BCUT2D eigenvalue weighted by molar-refractivity contribution is 7.13. The number of aromatic nitrogens is 1. The molecule has 0 saturated carbocycles. The zero-order valence-electron chi connectivity index (χ0n) is 11.8. The molecule has 21 heavy (non-hydrogen) atoms. The summed E-state index contributed by atoms with van der Waals surface area (Å²) in [6.07, 6.45) is 1.25. The number of hydrogen-bond donors (Lipinski definition) is 2. The van der Waals surface area contributed by atoms with E-state index in [1.54, 1.807) is 12.3 Å². The largest absolute Gasteiger partial charge is 0.481 e. The Labute approximate surface area is 126 Å². The van der Waals surface area contributed by atoms with Crippen LogP contribution in [0, 0.1) is 0 Å². The van der Waals surface area contributed by atoms with Crippen LogP contribution in [0.25, 0.3) is 0 Å². The van der Waals surface area contributed by atoms with Crippen molar-refractivity contribution in [3.8, 4) is 0 Å². The molecule has 0 aliphatic rings. The lowest BCUT2D eigenvalue weighted by Gasteiger charge is -2.02. The lowest BCUT2D eigenvalue weighted by atomic mass is 10.2. The van der Waals surface area contributed by atoms with Crippen molar-refractivity contribution in [2.75, 3.05) is 11.9 Å². The average Bonchev–Trinajstić information content (AvgIpc) is 2.84. The Bertz CT molecular complexity index is 501. The molecule has 116 valence electrons. The van der Waals surface area contributed by atoms with Crippen LogP contribution in [0.3, 0.4) is 0 Å². The molecule has 1 aromatic rings. The minimum atomic E-state index is -0.835. The lowest BCUT2D eigenvalue weighted by Crippen LogP contribution is -2.14. The van der Waals surface area contributed by atoms with Gasteiger partial charge in [-0.25, -0.2) is 4.98 Å². The number of thiazole rings is 1. The van der Waals surface area contributed by atoms with E-state index in [4.69, 9.17) is 9.84 Å². The lowest BCUT2D eigenvalue weighted by molar-refractivity contribution is -0.144. The van der Waals surface area contributed by atoms with E-state index in [0.29, 0.717) is 24.6 Å². The maximum absolute atomic E-state index is 11.6. The summed E-state index contributed by atoms with van der Waals surface area (Å²) in [6, 6.07) is 0. The number of carboxylic acids is 1. The van der Waals surface area contributed by atoms with Crippen LogP contribution in [0.15, 0.2) is 5.38 Å². The van der Waals surface area contributed by atoms with Gasteiger partial charge in [0.2, 0.25) is 5.91 Å². The first kappa shape index (κ1) is 17.1. The minimum absolute atomic E-state index is 0.0382. The number of aryl methyl sites for hydroxylation is 1. The molecular formula is C13H18N2O5S. The molecule has 0 aliphatic carbocycles. The van der Waals surface area contributed by atoms with Gasteiger partial charge in [-0.2, -0.15) is 0 Å². The molecule has 1 amide bonds. The second kappa shape index (κ2) is 9.06. The first-order chi connectivity index (χ1) is 10.0. The molecule has 7 nitrogen and oxygen atoms in total. The SMILES string of the molecule is CCOC(=O)CCC(=O)Nc1nc(CCCC(=O)O)cs1. The first-order valence-electron chi connectivity index (χ1n) is 6.63. The van der Waals surface area contributed by atoms with Crippen molar-refractivity contribution in [3.05, 3.63) is 11.1 Å². The van der Waals surface area contributed by atoms with Crippen LogP contribution in [-0.2, 0) is 25.5 Å². The van der Waals surface area contributed by atoms with Gasteiger partial charge in [-0.15, -0.1) is 11.3 Å². The number of ether oxygens (including phenoxy) is 1. The molecule has 1 heterocycles. The van der Waals surface area contributed by atoms with Crippen LogP contribution in [-0.4, -0.2) is 34.5 Å². The Hall–Kier alpha value is -1.96. The molecule has 0 bridgehead atoms. The van der Waals surface area contributed by atoms with Gasteiger partial charge in [-0.1, -0.05) is 0 Å². The Morgan fingerprint density at radius 2 is 2.10 bits per heavy atom. The summed E-state index contributed by atoms with van der Waals surface area (Å²) >= 11 is 1.27. The van der Waals surface area contributed by atoms with Crippen LogP contribution in [0.1, 0.15) is 38.3 Å². The Kier molecular flexibility index (Phi) is 7.38. The maximum atomic E-state index is 11.6. The molecule has 0 saturated heterocycles. The summed E-state index contributed by atoms with van der Waals surface area (Å²) in [5, 5.41) is 13.4. The van der Waals surface area contributed by atoms with Crippen LogP contribution >= 0.6 is 11.3 Å². The molecule has 0 atom stereocenters. The van der Waals surface area contributed by atoms with E-state index < -0.39 is 11.9 Å². The smallest absolute Gasteiger partial charge is 0.306 e. The average molecular weight is 314 g/mol. The number of carboxylic acid groups (broad SMARTS) is 1. The zero-order valence-corrected chi connectivity index (χ0v) is 12.6. The second-order valence-electron chi connectivity index (χ2n) is 4.24. The quantitative estimate of drug-likeness (QED) is 0.674. The number of esters is 1. The molecule has 8 heteroatoms. The third-order valence-electron chi connectivity index (χ3n) is 2.48. The van der Waals surface area contributed by atoms with Gasteiger partial charge in [-0.05, 0) is 19.8 Å². The molecular weight excluding hydrogens is 296 g/mol. The van der Waals surface area contributed by atoms with Gasteiger partial charge in [0.25, 0.3) is 0 Å². The van der Waals surface area contributed by atoms with E-state index in [2.05, 4.69) is 10.3 Å². The van der Waals surface area contributed by atoms with Crippen molar-refractivity contribution < 1.29 is 24.2 Å². The molecule has 0 aliphatic heterocycles. The van der Waals surface area contributed by atoms with Crippen molar-refractivity contribution in [1.29, 1.82) is 0 Å². The third kappa shape index (κ3) is 7.40. The Balaban J connectivity index is 2.31. The topological polar surface area (TPSA) is 106 Å². The number of rotatable bonds is 9. The monoisotopic (exact) mass is 314 g/mol. The summed E-state index contributed by atoms with van der Waals surface area (Å²) in [7, 11) is 0. The molecule has 0 spiro atoms. The molecule has 2 N–H and O–H groups in total. The van der Waals surface area contributed by atoms with Crippen molar-refractivity contribution in [1.82, 2.24) is 4.98 Å². The van der Waals surface area contributed by atoms with Gasteiger partial charge >= 0.3 is 11.9 Å². The van der Waals surface area contributed by atoms with Crippen LogP contribution in [0.5, 0.6) is 0 Å². The van der Waals surface area contributed by atoms with Gasteiger partial charge in [0.05, 0.1) is 18.7 Å². The second-order valence-corrected chi connectivity index (χ2v) is 5.10. The fourth-order valence-electron chi connectivity index (χ4n) is 1.53. The number of amides is 1. The summed E-state index contributed by atoms with van der Waals surface area (Å²) in [5.74, 6) is -1.53. The van der Waals surface area contributed by atoms with Gasteiger partial charge in [0.15, 0.2) is 5.13 Å². The third-order valence-corrected chi connectivity index (χ3v) is 3.29. The van der Waals surface area contributed by atoms with Gasteiger partial charge < -0.3 is 15.2 Å². The minimum Gasteiger partial charge on any atom is -0.481 e. The summed E-state index contributed by atoms with van der Waals surface area (Å²) in [4.78, 5) is 37.3. The fourth-order valence-corrected chi connectivity index (χ4v) is 2.29. The number of nitrogens with zero attached hydrogens (tertiary/aromatic N) is 1. The van der Waals surface area contributed by atoms with Crippen molar-refractivity contribution >= 4 is 34.3 Å². The van der Waals surface area contributed by atoms with Gasteiger partial charge in [0, 0.05) is 18.2 Å². The maximum Gasteiger partial charge on any atom is 0.306 e. The van der Waals surface area contributed by atoms with E-state index in [9.17, 15) is 14.4 Å². The Morgan fingerprint density at radius 1 is 1.33 bits per heavy atom. The van der Waals surface area contributed by atoms with Gasteiger partial charge in [0.1, 0.15) is 0 Å². The number of hydrogen-bond acceptors (Lipinski definition) is 6. The number of carbonyl (C=O) groups is 3. The predicted octanol–water partition coefficient (Wildman–Crippen LogP) is 1.83. The van der Waals surface area contributed by atoms with Crippen molar-refractivity contribution in [3.63, 3.8) is 0 Å². The first-order valence-corrected chi connectivity index (χ1v) is 7.51. The van der Waals surface area contributed by atoms with Crippen LogP contribution in [0.2, 0.25) is 0 Å². The van der Waals surface area contributed by atoms with Gasteiger partial charge in [-0.3, -0.25) is 14.4 Å². The molecule has 1 aromatic heterocycles. The molecule has 0 unspecified atom stereocenters. The van der Waals surface area contributed by atoms with E-state index in [1.165, 1.54) is 11.3 Å². The number of anilines is 1. The van der Waals surface area contributed by atoms with E-state index in [1.807, 2.05) is 0 Å². The number of carbonyl (C=O) groups excluding carboxylic acids is 2. The van der Waals surface area contributed by atoms with E-state index >= 15 is 0 Å². The van der Waals surface area contributed by atoms with Crippen LogP contribution < -0.4 is 5.32 Å². The Morgan fingerprint density at radius 3 is 2.76 bits per heavy atom. The molecule has 0 fully saturated rings. The van der Waals surface area contributed by atoms with Crippen molar-refractivity contribution in [2.45, 2.75) is 39.0 Å². The van der Waals surface area contributed by atoms with Crippen molar-refractivity contribution in [2.24, 2.45) is 0 Å². The summed E-state index contributed by atoms with van der Waals surface area (Å²) in [6.45, 7) is 2.01. The normalized spacial score (nSPS) is 10.1. The number of nitrogens with one attached hydrogen (secondary N) is 1. The zero-order chi connectivity index (χ0) is 15.7. The molecule has 0 radical (unpaired) electrons. The van der Waals surface area contributed by atoms with E-state index in [0.717, 1.165) is 5.69 Å².